The molecular formula is C20H16ClFN2O. The standard InChI is InChI=1S/C20H16ClFN2O/c21-18-6-1-2-7-19(18)24-20(25)17(13-16-5-3-4-12-23-16)14-8-10-15(22)11-9-14/h1-12,17H,13H2,(H,24,25). The maximum Gasteiger partial charge on any atom is 0.232 e. The first-order valence-electron chi connectivity index (χ1n) is 7.84. The highest BCUT2D eigenvalue weighted by Gasteiger charge is 2.22. The van der Waals surface area contributed by atoms with E-state index < -0.39 is 5.92 Å². The molecule has 0 aliphatic heterocycles. The molecule has 1 heterocycles. The number of amides is 1. The van der Waals surface area contributed by atoms with Crippen molar-refractivity contribution in [1.29, 1.82) is 0 Å². The van der Waals surface area contributed by atoms with E-state index in [9.17, 15) is 9.18 Å². The van der Waals surface area contributed by atoms with E-state index in [2.05, 4.69) is 10.3 Å². The molecule has 3 aromatic rings. The summed E-state index contributed by atoms with van der Waals surface area (Å²) in [7, 11) is 0. The van der Waals surface area contributed by atoms with Crippen LogP contribution in [0.25, 0.3) is 0 Å². The first-order chi connectivity index (χ1) is 12.1. The van der Waals surface area contributed by atoms with Crippen molar-refractivity contribution >= 4 is 23.2 Å². The number of para-hydroxylation sites is 1. The Morgan fingerprint density at radius 2 is 1.76 bits per heavy atom. The molecule has 1 unspecified atom stereocenters. The number of carbonyl (C=O) groups excluding carboxylic acids is 1. The van der Waals surface area contributed by atoms with Crippen LogP contribution in [0.15, 0.2) is 72.9 Å². The van der Waals surface area contributed by atoms with Gasteiger partial charge < -0.3 is 5.32 Å². The van der Waals surface area contributed by atoms with Gasteiger partial charge >= 0.3 is 0 Å². The van der Waals surface area contributed by atoms with Gasteiger partial charge in [0, 0.05) is 18.3 Å². The Hall–Kier alpha value is -2.72. The molecule has 2 aromatic carbocycles. The summed E-state index contributed by atoms with van der Waals surface area (Å²) in [5.74, 6) is -1.07. The number of rotatable bonds is 5. The molecule has 1 aromatic heterocycles. The van der Waals surface area contributed by atoms with Gasteiger partial charge in [-0.1, -0.05) is 41.9 Å². The third-order valence-electron chi connectivity index (χ3n) is 3.86. The lowest BCUT2D eigenvalue weighted by Crippen LogP contribution is -2.23. The summed E-state index contributed by atoms with van der Waals surface area (Å²) in [6, 6.07) is 18.5. The second kappa shape index (κ2) is 7.90. The second-order valence-electron chi connectivity index (χ2n) is 5.60. The Kier molecular flexibility index (Phi) is 5.41. The van der Waals surface area contributed by atoms with Crippen molar-refractivity contribution in [2.75, 3.05) is 5.32 Å². The summed E-state index contributed by atoms with van der Waals surface area (Å²) in [6.45, 7) is 0. The summed E-state index contributed by atoms with van der Waals surface area (Å²) >= 11 is 6.12. The van der Waals surface area contributed by atoms with Crippen molar-refractivity contribution in [3.05, 3.63) is 95.0 Å². The molecule has 3 nitrogen and oxygen atoms in total. The fourth-order valence-electron chi connectivity index (χ4n) is 2.57. The minimum Gasteiger partial charge on any atom is -0.324 e. The minimum absolute atomic E-state index is 0.217. The minimum atomic E-state index is -0.508. The number of hydrogen-bond donors (Lipinski definition) is 1. The van der Waals surface area contributed by atoms with E-state index >= 15 is 0 Å². The largest absolute Gasteiger partial charge is 0.324 e. The topological polar surface area (TPSA) is 42.0 Å². The van der Waals surface area contributed by atoms with Gasteiger partial charge in [-0.15, -0.1) is 0 Å². The first-order valence-corrected chi connectivity index (χ1v) is 8.22. The smallest absolute Gasteiger partial charge is 0.232 e. The number of nitrogens with zero attached hydrogens (tertiary/aromatic N) is 1. The SMILES string of the molecule is O=C(Nc1ccccc1Cl)C(Cc1ccccn1)c1ccc(F)cc1. The monoisotopic (exact) mass is 354 g/mol. The van der Waals surface area contributed by atoms with Crippen LogP contribution in [0.4, 0.5) is 10.1 Å². The van der Waals surface area contributed by atoms with Crippen LogP contribution >= 0.6 is 11.6 Å². The maximum atomic E-state index is 13.2. The van der Waals surface area contributed by atoms with E-state index in [1.54, 1.807) is 42.6 Å². The molecule has 0 radical (unpaired) electrons. The predicted octanol–water partition coefficient (Wildman–Crippen LogP) is 4.84. The van der Waals surface area contributed by atoms with Crippen molar-refractivity contribution in [2.24, 2.45) is 0 Å². The molecule has 0 saturated carbocycles. The van der Waals surface area contributed by atoms with Gasteiger partial charge in [-0.05, 0) is 42.0 Å². The Labute approximate surface area is 150 Å². The van der Waals surface area contributed by atoms with E-state index in [-0.39, 0.29) is 11.7 Å². The lowest BCUT2D eigenvalue weighted by molar-refractivity contribution is -0.117. The molecule has 1 amide bonds. The Morgan fingerprint density at radius 3 is 2.44 bits per heavy atom. The van der Waals surface area contributed by atoms with Crippen LogP contribution in [0, 0.1) is 5.82 Å². The highest BCUT2D eigenvalue weighted by Crippen LogP contribution is 2.26. The molecule has 0 aliphatic carbocycles. The summed E-state index contributed by atoms with van der Waals surface area (Å²) in [6.07, 6.45) is 2.09. The quantitative estimate of drug-likeness (QED) is 0.712. The predicted molar refractivity (Wildman–Crippen MR) is 97.2 cm³/mol. The molecule has 1 N–H and O–H groups in total. The van der Waals surface area contributed by atoms with Gasteiger partial charge in [-0.25, -0.2) is 4.39 Å². The van der Waals surface area contributed by atoms with Gasteiger partial charge in [0.25, 0.3) is 0 Å². The van der Waals surface area contributed by atoms with Gasteiger partial charge in [0.05, 0.1) is 16.6 Å². The molecule has 1 atom stereocenters. The second-order valence-corrected chi connectivity index (χ2v) is 6.01. The Balaban J connectivity index is 1.88. The third-order valence-corrected chi connectivity index (χ3v) is 4.19. The number of anilines is 1. The van der Waals surface area contributed by atoms with Crippen LogP contribution in [0.5, 0.6) is 0 Å². The zero-order chi connectivity index (χ0) is 17.6. The van der Waals surface area contributed by atoms with Crippen LogP contribution in [0.2, 0.25) is 5.02 Å². The molecule has 0 saturated heterocycles. The van der Waals surface area contributed by atoms with Crippen LogP contribution in [-0.4, -0.2) is 10.9 Å². The summed E-state index contributed by atoms with van der Waals surface area (Å²) in [4.78, 5) is 17.2. The third kappa shape index (κ3) is 4.43. The highest BCUT2D eigenvalue weighted by molar-refractivity contribution is 6.33. The molecule has 0 bridgehead atoms. The molecule has 25 heavy (non-hydrogen) atoms. The van der Waals surface area contributed by atoms with Crippen molar-refractivity contribution in [3.63, 3.8) is 0 Å². The van der Waals surface area contributed by atoms with Crippen molar-refractivity contribution in [3.8, 4) is 0 Å². The molecule has 0 fully saturated rings. The van der Waals surface area contributed by atoms with Gasteiger partial charge in [0.2, 0.25) is 5.91 Å². The number of halogens is 2. The average Bonchev–Trinajstić information content (AvgIpc) is 2.63. The molecular weight excluding hydrogens is 339 g/mol. The number of carbonyl (C=O) groups is 1. The average molecular weight is 355 g/mol. The lowest BCUT2D eigenvalue weighted by Gasteiger charge is -2.17. The van der Waals surface area contributed by atoms with Crippen molar-refractivity contribution < 1.29 is 9.18 Å². The molecule has 126 valence electrons. The van der Waals surface area contributed by atoms with Gasteiger partial charge in [0.15, 0.2) is 0 Å². The van der Waals surface area contributed by atoms with E-state index in [1.807, 2.05) is 18.2 Å². The van der Waals surface area contributed by atoms with E-state index in [0.717, 1.165) is 11.3 Å². The Bertz CT molecular complexity index is 853. The number of benzene rings is 2. The fourth-order valence-corrected chi connectivity index (χ4v) is 2.75. The zero-order valence-corrected chi connectivity index (χ0v) is 14.1. The first kappa shape index (κ1) is 17.1. The van der Waals surface area contributed by atoms with Crippen LogP contribution < -0.4 is 5.32 Å². The molecule has 0 spiro atoms. The lowest BCUT2D eigenvalue weighted by atomic mass is 9.93. The zero-order valence-electron chi connectivity index (χ0n) is 13.3. The van der Waals surface area contributed by atoms with Crippen molar-refractivity contribution in [2.45, 2.75) is 12.3 Å². The summed E-state index contributed by atoms with van der Waals surface area (Å²) < 4.78 is 13.2. The fraction of sp³-hybridized carbons (Fsp3) is 0.100. The molecule has 5 heteroatoms. The summed E-state index contributed by atoms with van der Waals surface area (Å²) in [5.41, 5.74) is 2.05. The number of nitrogens with one attached hydrogen (secondary N) is 1. The van der Waals surface area contributed by atoms with E-state index in [0.29, 0.717) is 17.1 Å². The van der Waals surface area contributed by atoms with Gasteiger partial charge in [-0.3, -0.25) is 9.78 Å². The normalized spacial score (nSPS) is 11.8. The number of hydrogen-bond acceptors (Lipinski definition) is 2. The van der Waals surface area contributed by atoms with E-state index in [4.69, 9.17) is 11.6 Å². The van der Waals surface area contributed by atoms with Gasteiger partial charge in [-0.2, -0.15) is 0 Å². The highest BCUT2D eigenvalue weighted by atomic mass is 35.5. The Morgan fingerprint density at radius 1 is 1.04 bits per heavy atom. The van der Waals surface area contributed by atoms with Gasteiger partial charge in [0.1, 0.15) is 5.82 Å². The van der Waals surface area contributed by atoms with Crippen molar-refractivity contribution in [1.82, 2.24) is 4.98 Å². The summed E-state index contributed by atoms with van der Waals surface area (Å²) in [5, 5.41) is 3.32. The van der Waals surface area contributed by atoms with Crippen LogP contribution in [-0.2, 0) is 11.2 Å². The van der Waals surface area contributed by atoms with Crippen LogP contribution in [0.3, 0.4) is 0 Å². The maximum absolute atomic E-state index is 13.2. The number of pyridine rings is 1. The number of aromatic nitrogens is 1. The van der Waals surface area contributed by atoms with E-state index in [1.165, 1.54) is 12.1 Å². The van der Waals surface area contributed by atoms with Crippen LogP contribution in [0.1, 0.15) is 17.2 Å². The molecule has 3 rings (SSSR count). The molecule has 0 aliphatic rings.